The summed E-state index contributed by atoms with van der Waals surface area (Å²) >= 11 is 0. The van der Waals surface area contributed by atoms with Gasteiger partial charge in [-0.05, 0) is 12.1 Å². The number of benzene rings is 1. The van der Waals surface area contributed by atoms with E-state index in [0.29, 0.717) is 11.0 Å². The maximum Gasteiger partial charge on any atom is 0.449 e. The first kappa shape index (κ1) is 11.8. The van der Waals surface area contributed by atoms with Crippen LogP contribution in [0.15, 0.2) is 16.9 Å². The number of nitrogens with zero attached hydrogens (tertiary/aromatic N) is 3. The first-order valence-electron chi connectivity index (χ1n) is 5.41. The average molecular weight is 270 g/mol. The zero-order valence-electron chi connectivity index (χ0n) is 10.0. The third-order valence-electron chi connectivity index (χ3n) is 3.14. The minimum Gasteiger partial charge on any atom is -0.334 e. The molecule has 19 heavy (non-hydrogen) atoms. The normalized spacial score (nSPS) is 12.7. The van der Waals surface area contributed by atoms with E-state index >= 15 is 0 Å². The molecule has 0 saturated heterocycles. The van der Waals surface area contributed by atoms with Gasteiger partial charge in [0.15, 0.2) is 0 Å². The van der Waals surface area contributed by atoms with Crippen LogP contribution in [0.5, 0.6) is 0 Å². The summed E-state index contributed by atoms with van der Waals surface area (Å²) in [6.07, 6.45) is -4.52. The van der Waals surface area contributed by atoms with Gasteiger partial charge in [0.1, 0.15) is 0 Å². The molecule has 5 nitrogen and oxygen atoms in total. The first-order valence-corrected chi connectivity index (χ1v) is 5.41. The van der Waals surface area contributed by atoms with Gasteiger partial charge in [-0.15, -0.1) is 0 Å². The summed E-state index contributed by atoms with van der Waals surface area (Å²) < 4.78 is 40.5. The van der Waals surface area contributed by atoms with Gasteiger partial charge in [0, 0.05) is 14.1 Å². The molecule has 0 bridgehead atoms. The lowest BCUT2D eigenvalue weighted by Gasteiger charge is -1.98. The zero-order valence-corrected chi connectivity index (χ0v) is 10.0. The van der Waals surface area contributed by atoms with Crippen molar-refractivity contribution in [3.05, 3.63) is 28.4 Å². The molecule has 8 heteroatoms. The van der Waals surface area contributed by atoms with Crippen molar-refractivity contribution in [3.8, 4) is 0 Å². The predicted octanol–water partition coefficient (Wildman–Crippen LogP) is 1.77. The molecule has 3 aromatic rings. The number of rotatable bonds is 0. The Balaban J connectivity index is 2.40. The molecule has 0 aliphatic rings. The van der Waals surface area contributed by atoms with Crippen LogP contribution in [0.2, 0.25) is 0 Å². The molecule has 3 rings (SSSR count). The molecular formula is C11H9F3N4O. The molecule has 0 fully saturated rings. The summed E-state index contributed by atoms with van der Waals surface area (Å²) in [6, 6.07) is 2.96. The molecule has 0 saturated carbocycles. The van der Waals surface area contributed by atoms with E-state index in [1.807, 2.05) is 0 Å². The highest BCUT2D eigenvalue weighted by Crippen LogP contribution is 2.29. The van der Waals surface area contributed by atoms with Crippen molar-refractivity contribution in [3.63, 3.8) is 0 Å². The summed E-state index contributed by atoms with van der Waals surface area (Å²) in [5.41, 5.74) is 1.29. The molecule has 0 atom stereocenters. The monoisotopic (exact) mass is 270 g/mol. The summed E-state index contributed by atoms with van der Waals surface area (Å²) in [7, 11) is 3.13. The Morgan fingerprint density at radius 1 is 1.16 bits per heavy atom. The number of aryl methyl sites for hydroxylation is 2. The minimum absolute atomic E-state index is 0.182. The smallest absolute Gasteiger partial charge is 0.334 e. The van der Waals surface area contributed by atoms with Crippen LogP contribution in [0.3, 0.4) is 0 Å². The standard InChI is InChI=1S/C11H9F3N4O/c1-17-7-3-5-6(4-8(7)18(2)10(17)19)16-9(15-5)11(12,13)14/h3-4H,1-2H3,(H,15,16). The maximum atomic E-state index is 12.6. The highest BCUT2D eigenvalue weighted by Gasteiger charge is 2.34. The molecule has 2 aromatic heterocycles. The average Bonchev–Trinajstić information content (AvgIpc) is 2.84. The van der Waals surface area contributed by atoms with Crippen LogP contribution < -0.4 is 5.69 Å². The second-order valence-corrected chi connectivity index (χ2v) is 4.34. The van der Waals surface area contributed by atoms with Crippen molar-refractivity contribution >= 4 is 22.1 Å². The Hall–Kier alpha value is -2.25. The molecule has 0 aliphatic heterocycles. The third-order valence-corrected chi connectivity index (χ3v) is 3.14. The lowest BCUT2D eigenvalue weighted by atomic mass is 10.2. The van der Waals surface area contributed by atoms with Crippen LogP contribution in [-0.4, -0.2) is 19.1 Å². The first-order chi connectivity index (χ1) is 8.79. The van der Waals surface area contributed by atoms with Crippen molar-refractivity contribution in [2.75, 3.05) is 0 Å². The minimum atomic E-state index is -4.52. The van der Waals surface area contributed by atoms with Crippen molar-refractivity contribution < 1.29 is 13.2 Å². The van der Waals surface area contributed by atoms with E-state index in [0.717, 1.165) is 0 Å². The van der Waals surface area contributed by atoms with E-state index in [-0.39, 0.29) is 16.7 Å². The SMILES string of the molecule is Cn1c(=O)n(C)c2cc3[nH]c(C(F)(F)F)nc3cc21. The third kappa shape index (κ3) is 1.56. The number of hydrogen-bond donors (Lipinski definition) is 1. The van der Waals surface area contributed by atoms with Gasteiger partial charge < -0.3 is 4.98 Å². The predicted molar refractivity (Wildman–Crippen MR) is 62.8 cm³/mol. The van der Waals surface area contributed by atoms with Gasteiger partial charge in [0.05, 0.1) is 22.1 Å². The molecule has 0 radical (unpaired) electrons. The van der Waals surface area contributed by atoms with E-state index in [1.165, 1.54) is 21.3 Å². The number of nitrogens with one attached hydrogen (secondary N) is 1. The Morgan fingerprint density at radius 3 is 2.32 bits per heavy atom. The lowest BCUT2D eigenvalue weighted by Crippen LogP contribution is -2.19. The Bertz CT molecular complexity index is 793. The van der Waals surface area contributed by atoms with Crippen LogP contribution in [0, 0.1) is 0 Å². The number of hydrogen-bond acceptors (Lipinski definition) is 2. The van der Waals surface area contributed by atoms with Gasteiger partial charge >= 0.3 is 11.9 Å². The van der Waals surface area contributed by atoms with Crippen LogP contribution >= 0.6 is 0 Å². The van der Waals surface area contributed by atoms with Gasteiger partial charge in [0.2, 0.25) is 5.82 Å². The molecule has 0 unspecified atom stereocenters. The van der Waals surface area contributed by atoms with E-state index in [4.69, 9.17) is 0 Å². The van der Waals surface area contributed by atoms with Gasteiger partial charge in [0.25, 0.3) is 0 Å². The van der Waals surface area contributed by atoms with Crippen molar-refractivity contribution in [1.29, 1.82) is 0 Å². The molecule has 2 heterocycles. The summed E-state index contributed by atoms with van der Waals surface area (Å²) in [5, 5.41) is 0. The number of halogens is 3. The van der Waals surface area contributed by atoms with Crippen LogP contribution in [0.25, 0.3) is 22.1 Å². The van der Waals surface area contributed by atoms with Crippen LogP contribution in [0.4, 0.5) is 13.2 Å². The second-order valence-electron chi connectivity index (χ2n) is 4.34. The number of H-pyrrole nitrogens is 1. The van der Waals surface area contributed by atoms with E-state index < -0.39 is 12.0 Å². The van der Waals surface area contributed by atoms with E-state index in [9.17, 15) is 18.0 Å². The summed E-state index contributed by atoms with van der Waals surface area (Å²) in [4.78, 5) is 17.5. The topological polar surface area (TPSA) is 55.6 Å². The maximum absolute atomic E-state index is 12.6. The highest BCUT2D eigenvalue weighted by atomic mass is 19.4. The Labute approximate surface area is 104 Å². The van der Waals surface area contributed by atoms with Crippen LogP contribution in [0.1, 0.15) is 5.82 Å². The number of fused-ring (bicyclic) bond motifs is 2. The van der Waals surface area contributed by atoms with Gasteiger partial charge in [-0.25, -0.2) is 9.78 Å². The number of imidazole rings is 2. The highest BCUT2D eigenvalue weighted by molar-refractivity contribution is 5.91. The van der Waals surface area contributed by atoms with Crippen molar-refractivity contribution in [2.45, 2.75) is 6.18 Å². The van der Waals surface area contributed by atoms with Gasteiger partial charge in [-0.2, -0.15) is 13.2 Å². The van der Waals surface area contributed by atoms with E-state index in [2.05, 4.69) is 9.97 Å². The van der Waals surface area contributed by atoms with E-state index in [1.54, 1.807) is 14.1 Å². The molecule has 0 aliphatic carbocycles. The van der Waals surface area contributed by atoms with Gasteiger partial charge in [-0.3, -0.25) is 9.13 Å². The number of aromatic amines is 1. The Morgan fingerprint density at radius 2 is 1.74 bits per heavy atom. The molecule has 0 amide bonds. The fourth-order valence-corrected chi connectivity index (χ4v) is 2.14. The molecule has 100 valence electrons. The zero-order chi connectivity index (χ0) is 13.9. The number of alkyl halides is 3. The molecular weight excluding hydrogens is 261 g/mol. The largest absolute Gasteiger partial charge is 0.449 e. The fourth-order valence-electron chi connectivity index (χ4n) is 2.14. The van der Waals surface area contributed by atoms with Crippen LogP contribution in [-0.2, 0) is 20.3 Å². The second kappa shape index (κ2) is 3.40. The lowest BCUT2D eigenvalue weighted by molar-refractivity contribution is -0.144. The quantitative estimate of drug-likeness (QED) is 0.677. The summed E-state index contributed by atoms with van der Waals surface area (Å²) in [6.45, 7) is 0. The molecule has 0 spiro atoms. The van der Waals surface area contributed by atoms with Crippen molar-refractivity contribution in [2.24, 2.45) is 14.1 Å². The molecule has 1 aromatic carbocycles. The summed E-state index contributed by atoms with van der Waals surface area (Å²) in [5.74, 6) is -1.04. The van der Waals surface area contributed by atoms with Gasteiger partial charge in [-0.1, -0.05) is 0 Å². The fraction of sp³-hybridized carbons (Fsp3) is 0.273. The number of aromatic nitrogens is 4. The molecule has 1 N–H and O–H groups in total. The Kier molecular flexibility index (Phi) is 2.11. The van der Waals surface area contributed by atoms with Crippen molar-refractivity contribution in [1.82, 2.24) is 19.1 Å².